The fourth-order valence-electron chi connectivity index (χ4n) is 3.65. The summed E-state index contributed by atoms with van der Waals surface area (Å²) in [6.45, 7) is 0. The second-order valence-corrected chi connectivity index (χ2v) is 5.77. The molecule has 2 atom stereocenters. The summed E-state index contributed by atoms with van der Waals surface area (Å²) >= 11 is 0. The first-order valence-corrected chi connectivity index (χ1v) is 6.97. The Kier molecular flexibility index (Phi) is 2.41. The third-order valence-corrected chi connectivity index (χ3v) is 4.47. The molecule has 2 fully saturated rings. The van der Waals surface area contributed by atoms with E-state index in [1.165, 1.54) is 0 Å². The maximum Gasteiger partial charge on any atom is 0.0952 e. The summed E-state index contributed by atoms with van der Waals surface area (Å²) in [5.74, 6) is 0. The highest BCUT2D eigenvalue weighted by molar-refractivity contribution is 5.82. The Morgan fingerprint density at radius 3 is 2.68 bits per heavy atom. The molecule has 3 heteroatoms. The molecule has 98 valence electrons. The Morgan fingerprint density at radius 2 is 1.89 bits per heavy atom. The molecule has 1 aromatic carbocycles. The van der Waals surface area contributed by atoms with E-state index in [1.807, 2.05) is 30.3 Å². The largest absolute Gasteiger partial charge is 0.385 e. The number of ether oxygens (including phenoxy) is 1. The molecule has 0 aliphatic carbocycles. The zero-order valence-electron chi connectivity index (χ0n) is 10.7. The quantitative estimate of drug-likeness (QED) is 0.852. The predicted octanol–water partition coefficient (Wildman–Crippen LogP) is 2.76. The highest BCUT2D eigenvalue weighted by Crippen LogP contribution is 2.45. The molecule has 2 unspecified atom stereocenters. The average molecular weight is 255 g/mol. The van der Waals surface area contributed by atoms with Crippen LogP contribution in [0.25, 0.3) is 10.9 Å². The zero-order chi connectivity index (χ0) is 12.9. The summed E-state index contributed by atoms with van der Waals surface area (Å²) in [7, 11) is 0. The van der Waals surface area contributed by atoms with Gasteiger partial charge in [0.05, 0.1) is 23.3 Å². The van der Waals surface area contributed by atoms with E-state index in [2.05, 4.69) is 4.98 Å². The van der Waals surface area contributed by atoms with Gasteiger partial charge in [-0.25, -0.2) is 0 Å². The number of hydrogen-bond donors (Lipinski definition) is 1. The third-order valence-electron chi connectivity index (χ3n) is 4.47. The van der Waals surface area contributed by atoms with E-state index in [0.29, 0.717) is 12.8 Å². The van der Waals surface area contributed by atoms with E-state index < -0.39 is 5.60 Å². The van der Waals surface area contributed by atoms with E-state index in [-0.39, 0.29) is 12.2 Å². The van der Waals surface area contributed by atoms with Crippen LogP contribution in [0.2, 0.25) is 0 Å². The summed E-state index contributed by atoms with van der Waals surface area (Å²) in [6, 6.07) is 10.0. The van der Waals surface area contributed by atoms with E-state index in [9.17, 15) is 5.11 Å². The van der Waals surface area contributed by atoms with Crippen molar-refractivity contribution in [2.24, 2.45) is 0 Å². The second kappa shape index (κ2) is 4.02. The van der Waals surface area contributed by atoms with Gasteiger partial charge in [0, 0.05) is 24.4 Å². The molecule has 2 aliphatic rings. The number of hydrogen-bond acceptors (Lipinski definition) is 3. The van der Waals surface area contributed by atoms with Crippen molar-refractivity contribution in [2.45, 2.75) is 43.5 Å². The molecule has 3 nitrogen and oxygen atoms in total. The Balaban J connectivity index is 1.85. The Bertz CT molecular complexity index is 608. The molecule has 1 aromatic heterocycles. The van der Waals surface area contributed by atoms with Crippen LogP contribution in [0.4, 0.5) is 0 Å². The van der Waals surface area contributed by atoms with Crippen molar-refractivity contribution in [1.29, 1.82) is 0 Å². The van der Waals surface area contributed by atoms with Gasteiger partial charge >= 0.3 is 0 Å². The predicted molar refractivity (Wildman–Crippen MR) is 72.8 cm³/mol. The minimum absolute atomic E-state index is 0.218. The van der Waals surface area contributed by atoms with Crippen LogP contribution in [0, 0.1) is 0 Å². The average Bonchev–Trinajstić information content (AvgIpc) is 2.78. The van der Waals surface area contributed by atoms with Gasteiger partial charge in [0.2, 0.25) is 0 Å². The number of nitrogens with zero attached hydrogens (tertiary/aromatic N) is 1. The molecule has 19 heavy (non-hydrogen) atoms. The van der Waals surface area contributed by atoms with Crippen LogP contribution in [0.1, 0.15) is 31.2 Å². The highest BCUT2D eigenvalue weighted by atomic mass is 16.5. The number of rotatable bonds is 1. The highest BCUT2D eigenvalue weighted by Gasteiger charge is 2.45. The van der Waals surface area contributed by atoms with Gasteiger partial charge in [-0.2, -0.15) is 0 Å². The van der Waals surface area contributed by atoms with Crippen molar-refractivity contribution in [2.75, 3.05) is 0 Å². The first kappa shape index (κ1) is 11.4. The van der Waals surface area contributed by atoms with Crippen LogP contribution in [0.5, 0.6) is 0 Å². The normalized spacial score (nSPS) is 33.7. The van der Waals surface area contributed by atoms with E-state index >= 15 is 0 Å². The van der Waals surface area contributed by atoms with Gasteiger partial charge in [0.1, 0.15) is 0 Å². The number of pyridine rings is 1. The molecule has 2 aromatic rings. The van der Waals surface area contributed by atoms with E-state index in [0.717, 1.165) is 29.3 Å². The van der Waals surface area contributed by atoms with Crippen LogP contribution in [0.3, 0.4) is 0 Å². The summed E-state index contributed by atoms with van der Waals surface area (Å²) in [6.07, 6.45) is 5.80. The smallest absolute Gasteiger partial charge is 0.0952 e. The van der Waals surface area contributed by atoms with Gasteiger partial charge in [-0.15, -0.1) is 0 Å². The fraction of sp³-hybridized carbons (Fsp3) is 0.438. The van der Waals surface area contributed by atoms with Crippen LogP contribution < -0.4 is 0 Å². The zero-order valence-corrected chi connectivity index (χ0v) is 10.7. The van der Waals surface area contributed by atoms with Crippen molar-refractivity contribution < 1.29 is 9.84 Å². The molecule has 3 heterocycles. The molecule has 0 amide bonds. The number of aliphatic hydroxyl groups is 1. The molecular formula is C16H17NO2. The van der Waals surface area contributed by atoms with Gasteiger partial charge in [0.25, 0.3) is 0 Å². The lowest BCUT2D eigenvalue weighted by molar-refractivity contribution is -0.114. The minimum Gasteiger partial charge on any atom is -0.385 e. The first-order chi connectivity index (χ1) is 9.24. The lowest BCUT2D eigenvalue weighted by Gasteiger charge is -2.37. The summed E-state index contributed by atoms with van der Waals surface area (Å²) in [5, 5.41) is 12.2. The van der Waals surface area contributed by atoms with Crippen LogP contribution in [0.15, 0.2) is 36.5 Å². The van der Waals surface area contributed by atoms with Crippen LogP contribution >= 0.6 is 0 Å². The molecule has 2 aliphatic heterocycles. The van der Waals surface area contributed by atoms with Gasteiger partial charge in [-0.05, 0) is 30.5 Å². The van der Waals surface area contributed by atoms with Gasteiger partial charge in [-0.1, -0.05) is 18.2 Å². The van der Waals surface area contributed by atoms with Gasteiger partial charge in [0.15, 0.2) is 0 Å². The maximum absolute atomic E-state index is 11.1. The van der Waals surface area contributed by atoms with Crippen molar-refractivity contribution in [3.05, 3.63) is 42.1 Å². The van der Waals surface area contributed by atoms with Crippen molar-refractivity contribution in [3.8, 4) is 0 Å². The van der Waals surface area contributed by atoms with Crippen molar-refractivity contribution in [1.82, 2.24) is 4.98 Å². The van der Waals surface area contributed by atoms with Crippen LogP contribution in [-0.2, 0) is 10.3 Å². The van der Waals surface area contributed by atoms with Crippen molar-refractivity contribution in [3.63, 3.8) is 0 Å². The third kappa shape index (κ3) is 1.77. The number of benzene rings is 1. The van der Waals surface area contributed by atoms with Gasteiger partial charge < -0.3 is 9.84 Å². The lowest BCUT2D eigenvalue weighted by Crippen LogP contribution is -2.38. The summed E-state index contributed by atoms with van der Waals surface area (Å²) < 4.78 is 5.85. The standard InChI is InChI=1S/C16H17NO2/c18-16(9-11-6-7-12(10-16)19-11)14-4-1-5-15-13(14)3-2-8-17-15/h1-5,8,11-12,18H,6-7,9-10H2. The molecule has 2 bridgehead atoms. The summed E-state index contributed by atoms with van der Waals surface area (Å²) in [5.41, 5.74) is 1.21. The monoisotopic (exact) mass is 255 g/mol. The molecule has 1 N–H and O–H groups in total. The molecule has 0 spiro atoms. The molecule has 4 rings (SSSR count). The van der Waals surface area contributed by atoms with E-state index in [4.69, 9.17) is 4.74 Å². The Hall–Kier alpha value is -1.45. The maximum atomic E-state index is 11.1. The number of aromatic nitrogens is 1. The van der Waals surface area contributed by atoms with Crippen molar-refractivity contribution >= 4 is 10.9 Å². The molecule has 0 saturated carbocycles. The Morgan fingerprint density at radius 1 is 1.11 bits per heavy atom. The Labute approximate surface area is 112 Å². The summed E-state index contributed by atoms with van der Waals surface area (Å²) in [4.78, 5) is 4.38. The van der Waals surface area contributed by atoms with E-state index in [1.54, 1.807) is 6.20 Å². The number of fused-ring (bicyclic) bond motifs is 3. The minimum atomic E-state index is -0.757. The molecule has 2 saturated heterocycles. The topological polar surface area (TPSA) is 42.4 Å². The molecular weight excluding hydrogens is 238 g/mol. The fourth-order valence-corrected chi connectivity index (χ4v) is 3.65. The second-order valence-electron chi connectivity index (χ2n) is 5.77. The first-order valence-electron chi connectivity index (χ1n) is 6.97. The van der Waals surface area contributed by atoms with Crippen LogP contribution in [-0.4, -0.2) is 22.3 Å². The van der Waals surface area contributed by atoms with Gasteiger partial charge in [-0.3, -0.25) is 4.98 Å². The lowest BCUT2D eigenvalue weighted by atomic mass is 9.82. The molecule has 0 radical (unpaired) electrons. The SMILES string of the molecule is OC1(c2cccc3ncccc23)CC2CCC(C1)O2.